The van der Waals surface area contributed by atoms with Gasteiger partial charge in [-0.25, -0.2) is 0 Å². The van der Waals surface area contributed by atoms with Crippen molar-refractivity contribution < 1.29 is 23.7 Å². The van der Waals surface area contributed by atoms with Crippen LogP contribution >= 0.6 is 22.6 Å². The molecule has 2 rings (SSSR count). The van der Waals surface area contributed by atoms with Crippen LogP contribution < -0.4 is 0 Å². The van der Waals surface area contributed by atoms with E-state index >= 15 is 0 Å². The third kappa shape index (κ3) is 3.66. The first-order valence-corrected chi connectivity index (χ1v) is 9.61. The molecule has 0 amide bonds. The Morgan fingerprint density at radius 1 is 1.48 bits per heavy atom. The standard InChI is InChI=1S/C17H27IO5/c1-5-13(6-7-18)8-14-9-16(20-3,21-4)17(23-14)10-15(19)12(2)11-22-17/h5,12-14H,1,6-11H2,2-4H3/t12?,13?,14-,17+/m1/s1. The Kier molecular flexibility index (Phi) is 6.64. The van der Waals surface area contributed by atoms with E-state index in [-0.39, 0.29) is 24.2 Å². The summed E-state index contributed by atoms with van der Waals surface area (Å²) in [6, 6.07) is 0. The fourth-order valence-electron chi connectivity index (χ4n) is 3.49. The number of Topliss-reactive ketones (excluding diaryl/α,β-unsaturated/α-hetero) is 1. The summed E-state index contributed by atoms with van der Waals surface area (Å²) >= 11 is 2.37. The second-order valence-corrected chi connectivity index (χ2v) is 7.50. The van der Waals surface area contributed by atoms with Crippen LogP contribution in [-0.2, 0) is 23.7 Å². The summed E-state index contributed by atoms with van der Waals surface area (Å²) in [5.74, 6) is -1.79. The van der Waals surface area contributed by atoms with E-state index in [0.717, 1.165) is 17.3 Å². The zero-order valence-electron chi connectivity index (χ0n) is 14.2. The maximum atomic E-state index is 12.3. The Morgan fingerprint density at radius 2 is 2.17 bits per heavy atom. The highest BCUT2D eigenvalue weighted by Crippen LogP contribution is 2.49. The molecule has 0 aromatic carbocycles. The van der Waals surface area contributed by atoms with Crippen molar-refractivity contribution in [2.24, 2.45) is 11.8 Å². The van der Waals surface area contributed by atoms with Gasteiger partial charge in [-0.15, -0.1) is 6.58 Å². The molecule has 23 heavy (non-hydrogen) atoms. The van der Waals surface area contributed by atoms with Gasteiger partial charge in [0.25, 0.3) is 0 Å². The van der Waals surface area contributed by atoms with Crippen LogP contribution in [0.25, 0.3) is 0 Å². The van der Waals surface area contributed by atoms with Crippen LogP contribution in [0.15, 0.2) is 12.7 Å². The maximum Gasteiger partial charge on any atom is 0.231 e. The van der Waals surface area contributed by atoms with E-state index in [1.807, 2.05) is 13.0 Å². The summed E-state index contributed by atoms with van der Waals surface area (Å²) in [5, 5.41) is 0. The molecule has 5 nitrogen and oxygen atoms in total. The predicted octanol–water partition coefficient (Wildman–Crippen LogP) is 3.10. The van der Waals surface area contributed by atoms with Crippen LogP contribution in [0, 0.1) is 11.8 Å². The minimum Gasteiger partial charge on any atom is -0.349 e. The summed E-state index contributed by atoms with van der Waals surface area (Å²) in [6.07, 6.45) is 4.49. The van der Waals surface area contributed by atoms with Crippen molar-refractivity contribution in [2.75, 3.05) is 25.3 Å². The average Bonchev–Trinajstić information content (AvgIpc) is 2.84. The number of allylic oxidation sites excluding steroid dienone is 1. The summed E-state index contributed by atoms with van der Waals surface area (Å²) in [6.45, 7) is 6.12. The van der Waals surface area contributed by atoms with E-state index in [9.17, 15) is 4.79 Å². The van der Waals surface area contributed by atoms with Gasteiger partial charge in [-0.2, -0.15) is 0 Å². The van der Waals surface area contributed by atoms with Crippen molar-refractivity contribution in [1.29, 1.82) is 0 Å². The van der Waals surface area contributed by atoms with E-state index in [1.165, 1.54) is 0 Å². The van der Waals surface area contributed by atoms with Gasteiger partial charge in [-0.05, 0) is 18.8 Å². The van der Waals surface area contributed by atoms with Crippen molar-refractivity contribution in [2.45, 2.75) is 50.3 Å². The molecule has 1 spiro atoms. The second kappa shape index (κ2) is 7.91. The van der Waals surface area contributed by atoms with Crippen molar-refractivity contribution in [1.82, 2.24) is 0 Å². The molecule has 2 aliphatic rings. The molecule has 0 radical (unpaired) electrons. The lowest BCUT2D eigenvalue weighted by atomic mass is 9.89. The van der Waals surface area contributed by atoms with E-state index in [2.05, 4.69) is 29.2 Å². The zero-order chi connectivity index (χ0) is 17.1. The van der Waals surface area contributed by atoms with Crippen LogP contribution in [0.3, 0.4) is 0 Å². The molecule has 2 saturated heterocycles. The van der Waals surface area contributed by atoms with Gasteiger partial charge in [0.15, 0.2) is 0 Å². The van der Waals surface area contributed by atoms with Gasteiger partial charge >= 0.3 is 0 Å². The lowest BCUT2D eigenvalue weighted by Crippen LogP contribution is -2.59. The molecule has 0 aliphatic carbocycles. The van der Waals surface area contributed by atoms with Gasteiger partial charge < -0.3 is 18.9 Å². The highest BCUT2D eigenvalue weighted by Gasteiger charge is 2.65. The monoisotopic (exact) mass is 438 g/mol. The van der Waals surface area contributed by atoms with Crippen molar-refractivity contribution in [3.05, 3.63) is 12.7 Å². The summed E-state index contributed by atoms with van der Waals surface area (Å²) < 4.78 is 24.7. The highest BCUT2D eigenvalue weighted by atomic mass is 127. The molecule has 2 heterocycles. The van der Waals surface area contributed by atoms with Gasteiger partial charge in [-0.3, -0.25) is 4.79 Å². The molecule has 0 aromatic heterocycles. The SMILES string of the molecule is C=CC(CCI)C[C@@H]1CC(OC)(OC)[C@]2(CC(=O)C(C)CO2)O1. The topological polar surface area (TPSA) is 54.0 Å². The minimum atomic E-state index is -1.14. The molecule has 0 aromatic rings. The van der Waals surface area contributed by atoms with Gasteiger partial charge in [0.05, 0.1) is 19.1 Å². The van der Waals surface area contributed by atoms with E-state index in [4.69, 9.17) is 18.9 Å². The first-order chi connectivity index (χ1) is 11.0. The van der Waals surface area contributed by atoms with Gasteiger partial charge in [-0.1, -0.05) is 35.6 Å². The molecular formula is C17H27IO5. The lowest BCUT2D eigenvalue weighted by molar-refractivity contribution is -0.371. The number of carbonyl (C=O) groups excluding carboxylic acids is 1. The predicted molar refractivity (Wildman–Crippen MR) is 95.5 cm³/mol. The van der Waals surface area contributed by atoms with Gasteiger partial charge in [0.2, 0.25) is 11.6 Å². The molecule has 6 heteroatoms. The molecule has 2 unspecified atom stereocenters. The van der Waals surface area contributed by atoms with Crippen LogP contribution in [0.1, 0.15) is 32.6 Å². The van der Waals surface area contributed by atoms with Crippen LogP contribution in [0.2, 0.25) is 0 Å². The summed E-state index contributed by atoms with van der Waals surface area (Å²) in [4.78, 5) is 12.3. The minimum absolute atomic E-state index is 0.0814. The molecule has 0 bridgehead atoms. The number of carbonyl (C=O) groups is 1. The molecule has 2 aliphatic heterocycles. The Balaban J connectivity index is 2.20. The fraction of sp³-hybridized carbons (Fsp3) is 0.824. The van der Waals surface area contributed by atoms with Crippen LogP contribution in [0.4, 0.5) is 0 Å². The van der Waals surface area contributed by atoms with E-state index in [1.54, 1.807) is 14.2 Å². The van der Waals surface area contributed by atoms with E-state index < -0.39 is 11.6 Å². The third-order valence-corrected chi connectivity index (χ3v) is 5.62. The average molecular weight is 438 g/mol. The van der Waals surface area contributed by atoms with Crippen molar-refractivity contribution in [3.63, 3.8) is 0 Å². The Morgan fingerprint density at radius 3 is 2.70 bits per heavy atom. The van der Waals surface area contributed by atoms with E-state index in [0.29, 0.717) is 18.9 Å². The number of halogens is 1. The van der Waals surface area contributed by atoms with Crippen LogP contribution in [-0.4, -0.2) is 48.7 Å². The number of hydrogen-bond donors (Lipinski definition) is 0. The Hall–Kier alpha value is -0.0200. The Labute approximate surface area is 152 Å². The Bertz CT molecular complexity index is 437. The summed E-state index contributed by atoms with van der Waals surface area (Å²) in [7, 11) is 3.16. The molecule has 0 N–H and O–H groups in total. The number of ketones is 1. The largest absolute Gasteiger partial charge is 0.349 e. The number of methoxy groups -OCH3 is 2. The van der Waals surface area contributed by atoms with Crippen molar-refractivity contribution >= 4 is 28.4 Å². The van der Waals surface area contributed by atoms with Crippen molar-refractivity contribution in [3.8, 4) is 0 Å². The number of rotatable bonds is 7. The maximum absolute atomic E-state index is 12.3. The van der Waals surface area contributed by atoms with Crippen LogP contribution in [0.5, 0.6) is 0 Å². The lowest BCUT2D eigenvalue weighted by Gasteiger charge is -2.44. The molecule has 4 atom stereocenters. The molecule has 132 valence electrons. The second-order valence-electron chi connectivity index (χ2n) is 6.42. The fourth-order valence-corrected chi connectivity index (χ4v) is 4.29. The molecule has 2 fully saturated rings. The van der Waals surface area contributed by atoms with Gasteiger partial charge in [0.1, 0.15) is 5.78 Å². The number of ether oxygens (including phenoxy) is 4. The molecular weight excluding hydrogens is 411 g/mol. The zero-order valence-corrected chi connectivity index (χ0v) is 16.3. The molecule has 0 saturated carbocycles. The highest BCUT2D eigenvalue weighted by molar-refractivity contribution is 14.1. The first kappa shape index (κ1) is 19.3. The third-order valence-electron chi connectivity index (χ3n) is 5.00. The normalized spacial score (nSPS) is 34.7. The first-order valence-electron chi connectivity index (χ1n) is 8.09. The number of alkyl halides is 1. The number of hydrogen-bond acceptors (Lipinski definition) is 5. The van der Waals surface area contributed by atoms with Gasteiger partial charge in [0, 0.05) is 31.0 Å². The quantitative estimate of drug-likeness (QED) is 0.265. The summed E-state index contributed by atoms with van der Waals surface area (Å²) in [5.41, 5.74) is 0. The smallest absolute Gasteiger partial charge is 0.231 e.